The van der Waals surface area contributed by atoms with Gasteiger partial charge in [0.1, 0.15) is 6.04 Å². The van der Waals surface area contributed by atoms with E-state index in [4.69, 9.17) is 0 Å². The number of carboxylic acids is 1. The Hall–Kier alpha value is -1.39. The smallest absolute Gasteiger partial charge is 0.326 e. The first-order valence-corrected chi connectivity index (χ1v) is 6.13. The summed E-state index contributed by atoms with van der Waals surface area (Å²) in [5.74, 6) is -1.46. The van der Waals surface area contributed by atoms with Gasteiger partial charge < -0.3 is 10.0 Å². The third-order valence-electron chi connectivity index (χ3n) is 3.70. The summed E-state index contributed by atoms with van der Waals surface area (Å²) in [6.45, 7) is -0.0215. The van der Waals surface area contributed by atoms with Crippen molar-refractivity contribution in [1.29, 1.82) is 0 Å². The molecule has 5 nitrogen and oxygen atoms in total. The van der Waals surface area contributed by atoms with Gasteiger partial charge in [0.05, 0.1) is 13.0 Å². The topological polar surface area (TPSA) is 74.7 Å². The monoisotopic (exact) mass is 239 g/mol. The molecule has 0 aromatic heterocycles. The minimum Gasteiger partial charge on any atom is -0.480 e. The molecule has 0 aromatic rings. The normalized spacial score (nSPS) is 24.1. The number of nitrogens with zero attached hydrogens (tertiary/aromatic N) is 1. The predicted octanol–water partition coefficient (Wildman–Crippen LogP) is 0.821. The fraction of sp³-hybridized carbons (Fsp3) is 0.750. The summed E-state index contributed by atoms with van der Waals surface area (Å²) >= 11 is 0. The Labute approximate surface area is 99.8 Å². The van der Waals surface area contributed by atoms with Crippen LogP contribution in [0.2, 0.25) is 0 Å². The molecule has 2 aliphatic rings. The number of carbonyl (C=O) groups is 3. The van der Waals surface area contributed by atoms with E-state index < -0.39 is 12.0 Å². The minimum absolute atomic E-state index is 0.0103. The Morgan fingerprint density at radius 3 is 2.35 bits per heavy atom. The van der Waals surface area contributed by atoms with Gasteiger partial charge in [-0.15, -0.1) is 0 Å². The molecule has 0 aromatic carbocycles. The highest BCUT2D eigenvalue weighted by Gasteiger charge is 2.41. The molecule has 0 radical (unpaired) electrons. The van der Waals surface area contributed by atoms with E-state index >= 15 is 0 Å². The number of Topliss-reactive ketones (excluding diaryl/α,β-unsaturated/α-hetero) is 1. The maximum absolute atomic E-state index is 11.6. The quantitative estimate of drug-likeness (QED) is 0.740. The summed E-state index contributed by atoms with van der Waals surface area (Å²) < 4.78 is 0. The van der Waals surface area contributed by atoms with Crippen molar-refractivity contribution in [1.82, 2.24) is 4.90 Å². The average Bonchev–Trinajstić information content (AvgIpc) is 2.59. The van der Waals surface area contributed by atoms with Crippen LogP contribution >= 0.6 is 0 Å². The van der Waals surface area contributed by atoms with E-state index in [0.29, 0.717) is 0 Å². The van der Waals surface area contributed by atoms with Crippen molar-refractivity contribution < 1.29 is 19.5 Å². The number of amides is 1. The summed E-state index contributed by atoms with van der Waals surface area (Å²) in [5, 5.41) is 9.28. The fourth-order valence-electron chi connectivity index (χ4n) is 2.90. The molecule has 1 heterocycles. The van der Waals surface area contributed by atoms with E-state index in [1.807, 2.05) is 0 Å². The molecular formula is C12H17NO4. The van der Waals surface area contributed by atoms with Crippen LogP contribution < -0.4 is 0 Å². The lowest BCUT2D eigenvalue weighted by molar-refractivity contribution is -0.151. The van der Waals surface area contributed by atoms with Crippen molar-refractivity contribution >= 4 is 17.7 Å². The first-order chi connectivity index (χ1) is 8.09. The van der Waals surface area contributed by atoms with Gasteiger partial charge >= 0.3 is 5.97 Å². The third-order valence-corrected chi connectivity index (χ3v) is 3.70. The molecule has 1 aliphatic heterocycles. The number of rotatable bonds is 3. The molecule has 1 saturated heterocycles. The van der Waals surface area contributed by atoms with Gasteiger partial charge in [0, 0.05) is 0 Å². The van der Waals surface area contributed by atoms with Crippen LogP contribution in [-0.2, 0) is 14.4 Å². The largest absolute Gasteiger partial charge is 0.480 e. The average molecular weight is 239 g/mol. The second kappa shape index (κ2) is 4.85. The molecule has 17 heavy (non-hydrogen) atoms. The van der Waals surface area contributed by atoms with Crippen molar-refractivity contribution in [3.8, 4) is 0 Å². The predicted molar refractivity (Wildman–Crippen MR) is 59.3 cm³/mol. The van der Waals surface area contributed by atoms with Gasteiger partial charge in [-0.3, -0.25) is 9.59 Å². The molecule has 1 N–H and O–H groups in total. The molecule has 1 amide bonds. The molecule has 1 unspecified atom stereocenters. The number of likely N-dealkylation sites (tertiary alicyclic amines) is 1. The van der Waals surface area contributed by atoms with Crippen LogP contribution in [0.5, 0.6) is 0 Å². The van der Waals surface area contributed by atoms with Crippen molar-refractivity contribution in [2.45, 2.75) is 44.6 Å². The Balaban J connectivity index is 2.13. The Bertz CT molecular complexity index is 346. The molecule has 0 spiro atoms. The van der Waals surface area contributed by atoms with Crippen LogP contribution in [0.3, 0.4) is 0 Å². The first-order valence-electron chi connectivity index (χ1n) is 6.13. The molecule has 5 heteroatoms. The SMILES string of the molecule is O=C1CC(=O)N(C(C(=O)O)C2CCCCC2)C1. The maximum Gasteiger partial charge on any atom is 0.326 e. The van der Waals surface area contributed by atoms with Gasteiger partial charge in [-0.2, -0.15) is 0 Å². The van der Waals surface area contributed by atoms with E-state index in [9.17, 15) is 19.5 Å². The highest BCUT2D eigenvalue weighted by molar-refractivity contribution is 6.06. The summed E-state index contributed by atoms with van der Waals surface area (Å²) in [5.41, 5.74) is 0. The highest BCUT2D eigenvalue weighted by Crippen LogP contribution is 2.30. The zero-order chi connectivity index (χ0) is 12.4. The van der Waals surface area contributed by atoms with Crippen LogP contribution in [0.1, 0.15) is 38.5 Å². The Kier molecular flexibility index (Phi) is 3.45. The molecule has 0 bridgehead atoms. The number of carbonyl (C=O) groups excluding carboxylic acids is 2. The molecule has 1 saturated carbocycles. The van der Waals surface area contributed by atoms with Crippen molar-refractivity contribution in [2.75, 3.05) is 6.54 Å². The molecule has 94 valence electrons. The number of ketones is 1. The van der Waals surface area contributed by atoms with Gasteiger partial charge in [-0.25, -0.2) is 4.79 Å². The Morgan fingerprint density at radius 1 is 1.24 bits per heavy atom. The summed E-state index contributed by atoms with van der Waals surface area (Å²) in [7, 11) is 0. The lowest BCUT2D eigenvalue weighted by Gasteiger charge is -2.33. The lowest BCUT2D eigenvalue weighted by Crippen LogP contribution is -2.47. The van der Waals surface area contributed by atoms with Crippen LogP contribution in [0.4, 0.5) is 0 Å². The van der Waals surface area contributed by atoms with Crippen molar-refractivity contribution in [2.24, 2.45) is 5.92 Å². The number of hydrogen-bond donors (Lipinski definition) is 1. The summed E-state index contributed by atoms with van der Waals surface area (Å²) in [6.07, 6.45) is 4.73. The summed E-state index contributed by atoms with van der Waals surface area (Å²) in [6, 6.07) is -0.797. The van der Waals surface area contributed by atoms with Crippen molar-refractivity contribution in [3.63, 3.8) is 0 Å². The van der Waals surface area contributed by atoms with Crippen LogP contribution in [0.25, 0.3) is 0 Å². The lowest BCUT2D eigenvalue weighted by atomic mass is 9.83. The van der Waals surface area contributed by atoms with E-state index in [2.05, 4.69) is 0 Å². The molecule has 2 rings (SSSR count). The first kappa shape index (κ1) is 12.1. The molecule has 2 fully saturated rings. The number of aliphatic carboxylic acids is 1. The van der Waals surface area contributed by atoms with E-state index in [1.165, 1.54) is 4.90 Å². The molecule has 1 atom stereocenters. The van der Waals surface area contributed by atoms with Gasteiger partial charge in [-0.1, -0.05) is 19.3 Å². The van der Waals surface area contributed by atoms with Gasteiger partial charge in [-0.05, 0) is 18.8 Å². The fourth-order valence-corrected chi connectivity index (χ4v) is 2.90. The number of carboxylic acid groups (broad SMARTS) is 1. The Morgan fingerprint density at radius 2 is 1.88 bits per heavy atom. The van der Waals surface area contributed by atoms with Crippen molar-refractivity contribution in [3.05, 3.63) is 0 Å². The van der Waals surface area contributed by atoms with E-state index in [-0.39, 0.29) is 30.6 Å². The van der Waals surface area contributed by atoms with Gasteiger partial charge in [0.15, 0.2) is 5.78 Å². The third kappa shape index (κ3) is 2.48. The molecule has 1 aliphatic carbocycles. The minimum atomic E-state index is -0.972. The second-order valence-corrected chi connectivity index (χ2v) is 4.92. The zero-order valence-corrected chi connectivity index (χ0v) is 9.72. The molecular weight excluding hydrogens is 222 g/mol. The van der Waals surface area contributed by atoms with E-state index in [1.54, 1.807) is 0 Å². The highest BCUT2D eigenvalue weighted by atomic mass is 16.4. The van der Waals surface area contributed by atoms with Crippen LogP contribution in [-0.4, -0.2) is 40.3 Å². The van der Waals surface area contributed by atoms with Gasteiger partial charge in [0.2, 0.25) is 5.91 Å². The van der Waals surface area contributed by atoms with Gasteiger partial charge in [0.25, 0.3) is 0 Å². The second-order valence-electron chi connectivity index (χ2n) is 4.92. The number of hydrogen-bond acceptors (Lipinski definition) is 3. The standard InChI is InChI=1S/C12H17NO4/c14-9-6-10(15)13(7-9)11(12(16)17)8-4-2-1-3-5-8/h8,11H,1-7H2,(H,16,17). The zero-order valence-electron chi connectivity index (χ0n) is 9.72. The maximum atomic E-state index is 11.6. The van der Waals surface area contributed by atoms with Crippen LogP contribution in [0.15, 0.2) is 0 Å². The van der Waals surface area contributed by atoms with E-state index in [0.717, 1.165) is 32.1 Å². The summed E-state index contributed by atoms with van der Waals surface area (Å²) in [4.78, 5) is 35.4. The van der Waals surface area contributed by atoms with Crippen LogP contribution in [0, 0.1) is 5.92 Å².